The van der Waals surface area contributed by atoms with Gasteiger partial charge in [-0.05, 0) is 6.42 Å². The van der Waals surface area contributed by atoms with Crippen LogP contribution < -0.4 is 0 Å². The highest BCUT2D eigenvalue weighted by molar-refractivity contribution is 4.90. The van der Waals surface area contributed by atoms with E-state index in [1.807, 2.05) is 0 Å². The van der Waals surface area contributed by atoms with Crippen LogP contribution in [0.5, 0.6) is 0 Å². The highest BCUT2D eigenvalue weighted by atomic mass is 16.7. The molecule has 0 bridgehead atoms. The molecule has 0 saturated carbocycles. The Morgan fingerprint density at radius 1 is 1.05 bits per heavy atom. The van der Waals surface area contributed by atoms with E-state index in [1.54, 1.807) is 0 Å². The molecule has 1 aliphatic rings. The van der Waals surface area contributed by atoms with Crippen molar-refractivity contribution in [3.8, 4) is 0 Å². The molecule has 1 fully saturated rings. The number of ether oxygens (including phenoxy) is 2. The Morgan fingerprint density at radius 2 is 1.70 bits per heavy atom. The summed E-state index contributed by atoms with van der Waals surface area (Å²) in [5.41, 5.74) is 0. The molecule has 6 nitrogen and oxygen atoms in total. The van der Waals surface area contributed by atoms with Crippen LogP contribution >= 0.6 is 0 Å². The van der Waals surface area contributed by atoms with E-state index < -0.39 is 37.3 Å². The Kier molecular flexibility index (Phi) is 8.60. The maximum absolute atomic E-state index is 9.75. The number of aliphatic hydroxyl groups excluding tert-OH is 4. The third-order valence-corrected chi connectivity index (χ3v) is 3.60. The SMILES string of the molecule is CCCCCCCCO[C@@H]1O[C@@H]([C@H](O)CO)[C@@H](O)[C@@H]1O. The fraction of sp³-hybridized carbons (Fsp3) is 1.00. The lowest BCUT2D eigenvalue weighted by molar-refractivity contribution is -0.181. The molecule has 1 saturated heterocycles. The van der Waals surface area contributed by atoms with Gasteiger partial charge in [0.25, 0.3) is 0 Å². The molecule has 1 heterocycles. The van der Waals surface area contributed by atoms with Gasteiger partial charge in [0.15, 0.2) is 6.29 Å². The van der Waals surface area contributed by atoms with Gasteiger partial charge in [-0.3, -0.25) is 0 Å². The Bertz CT molecular complexity index is 250. The first-order valence-electron chi connectivity index (χ1n) is 7.54. The summed E-state index contributed by atoms with van der Waals surface area (Å²) in [6.07, 6.45) is 1.19. The van der Waals surface area contributed by atoms with E-state index >= 15 is 0 Å². The minimum Gasteiger partial charge on any atom is -0.394 e. The van der Waals surface area contributed by atoms with Gasteiger partial charge < -0.3 is 29.9 Å². The number of unbranched alkanes of at least 4 members (excludes halogenated alkanes) is 5. The molecule has 5 atom stereocenters. The van der Waals surface area contributed by atoms with Crippen LogP contribution in [-0.2, 0) is 9.47 Å². The Balaban J connectivity index is 2.17. The van der Waals surface area contributed by atoms with Crippen molar-refractivity contribution in [3.63, 3.8) is 0 Å². The number of aliphatic hydroxyl groups is 4. The van der Waals surface area contributed by atoms with Gasteiger partial charge >= 0.3 is 0 Å². The van der Waals surface area contributed by atoms with E-state index in [-0.39, 0.29) is 0 Å². The third kappa shape index (κ3) is 5.27. The lowest BCUT2D eigenvalue weighted by Crippen LogP contribution is -2.40. The first-order chi connectivity index (χ1) is 9.61. The van der Waals surface area contributed by atoms with Gasteiger partial charge in [0, 0.05) is 6.61 Å². The molecule has 0 aromatic heterocycles. The van der Waals surface area contributed by atoms with Gasteiger partial charge in [0.2, 0.25) is 0 Å². The van der Waals surface area contributed by atoms with Crippen LogP contribution in [-0.4, -0.2) is 64.3 Å². The fourth-order valence-corrected chi connectivity index (χ4v) is 2.31. The maximum atomic E-state index is 9.75. The summed E-state index contributed by atoms with van der Waals surface area (Å²) in [7, 11) is 0. The van der Waals surface area contributed by atoms with Crippen molar-refractivity contribution in [3.05, 3.63) is 0 Å². The molecule has 0 aliphatic carbocycles. The maximum Gasteiger partial charge on any atom is 0.186 e. The van der Waals surface area contributed by atoms with Gasteiger partial charge in [0.05, 0.1) is 6.61 Å². The Hall–Kier alpha value is -0.240. The van der Waals surface area contributed by atoms with Crippen molar-refractivity contribution in [2.24, 2.45) is 0 Å². The predicted molar refractivity (Wildman–Crippen MR) is 73.1 cm³/mol. The van der Waals surface area contributed by atoms with Gasteiger partial charge in [0.1, 0.15) is 24.4 Å². The van der Waals surface area contributed by atoms with Crippen LogP contribution in [0.1, 0.15) is 45.4 Å². The molecule has 6 heteroatoms. The van der Waals surface area contributed by atoms with Crippen molar-refractivity contribution < 1.29 is 29.9 Å². The molecule has 20 heavy (non-hydrogen) atoms. The van der Waals surface area contributed by atoms with Crippen LogP contribution in [0.15, 0.2) is 0 Å². The minimum absolute atomic E-state index is 0.447. The van der Waals surface area contributed by atoms with E-state index in [2.05, 4.69) is 6.92 Å². The number of hydrogen-bond donors (Lipinski definition) is 4. The summed E-state index contributed by atoms with van der Waals surface area (Å²) in [5, 5.41) is 37.7. The summed E-state index contributed by atoms with van der Waals surface area (Å²) in [5.74, 6) is 0. The van der Waals surface area contributed by atoms with Crippen molar-refractivity contribution in [1.82, 2.24) is 0 Å². The molecule has 0 spiro atoms. The zero-order valence-electron chi connectivity index (χ0n) is 12.1. The average Bonchev–Trinajstić information content (AvgIpc) is 2.74. The quantitative estimate of drug-likeness (QED) is 0.428. The summed E-state index contributed by atoms with van der Waals surface area (Å²) < 4.78 is 10.6. The summed E-state index contributed by atoms with van der Waals surface area (Å²) in [6, 6.07) is 0. The Labute approximate surface area is 120 Å². The summed E-state index contributed by atoms with van der Waals surface area (Å²) >= 11 is 0. The number of hydrogen-bond acceptors (Lipinski definition) is 6. The summed E-state index contributed by atoms with van der Waals surface area (Å²) in [6.45, 7) is 2.09. The van der Waals surface area contributed by atoms with Crippen LogP contribution in [0.3, 0.4) is 0 Å². The van der Waals surface area contributed by atoms with Gasteiger partial charge in [-0.25, -0.2) is 0 Å². The van der Waals surface area contributed by atoms with Crippen LogP contribution in [0.25, 0.3) is 0 Å². The van der Waals surface area contributed by atoms with E-state index in [4.69, 9.17) is 14.6 Å². The summed E-state index contributed by atoms with van der Waals surface area (Å²) in [4.78, 5) is 0. The smallest absolute Gasteiger partial charge is 0.186 e. The molecule has 0 unspecified atom stereocenters. The van der Waals surface area contributed by atoms with Crippen molar-refractivity contribution in [2.45, 2.75) is 76.2 Å². The fourth-order valence-electron chi connectivity index (χ4n) is 2.31. The largest absolute Gasteiger partial charge is 0.394 e. The second-order valence-electron chi connectivity index (χ2n) is 5.34. The molecule has 120 valence electrons. The molecule has 0 aromatic rings. The van der Waals surface area contributed by atoms with Crippen LogP contribution in [0, 0.1) is 0 Å². The van der Waals surface area contributed by atoms with E-state index in [1.165, 1.54) is 25.7 Å². The standard InChI is InChI=1S/C14H28O6/c1-2-3-4-5-6-7-8-19-14-12(18)11(17)13(20-14)10(16)9-15/h10-18H,2-9H2,1H3/t10-,11+,12+,13+,14-/m1/s1. The second kappa shape index (κ2) is 9.65. The highest BCUT2D eigenvalue weighted by Gasteiger charge is 2.46. The van der Waals surface area contributed by atoms with E-state index in [0.717, 1.165) is 12.8 Å². The monoisotopic (exact) mass is 292 g/mol. The first-order valence-corrected chi connectivity index (χ1v) is 7.54. The Morgan fingerprint density at radius 3 is 2.35 bits per heavy atom. The zero-order valence-corrected chi connectivity index (χ0v) is 12.1. The van der Waals surface area contributed by atoms with Crippen LogP contribution in [0.2, 0.25) is 0 Å². The average molecular weight is 292 g/mol. The molecule has 1 aliphatic heterocycles. The van der Waals surface area contributed by atoms with Crippen LogP contribution in [0.4, 0.5) is 0 Å². The van der Waals surface area contributed by atoms with E-state index in [0.29, 0.717) is 6.61 Å². The molecule has 4 N–H and O–H groups in total. The first kappa shape index (κ1) is 17.8. The van der Waals surface area contributed by atoms with Gasteiger partial charge in [-0.15, -0.1) is 0 Å². The molecular weight excluding hydrogens is 264 g/mol. The normalized spacial score (nSPS) is 31.6. The second-order valence-corrected chi connectivity index (χ2v) is 5.34. The lowest BCUT2D eigenvalue weighted by Gasteiger charge is -2.18. The molecule has 0 amide bonds. The lowest BCUT2D eigenvalue weighted by atomic mass is 10.1. The van der Waals surface area contributed by atoms with Crippen molar-refractivity contribution in [1.29, 1.82) is 0 Å². The molecule has 0 aromatic carbocycles. The van der Waals surface area contributed by atoms with E-state index in [9.17, 15) is 15.3 Å². The third-order valence-electron chi connectivity index (χ3n) is 3.60. The highest BCUT2D eigenvalue weighted by Crippen LogP contribution is 2.24. The molecular formula is C14H28O6. The zero-order chi connectivity index (χ0) is 15.0. The minimum atomic E-state index is -1.24. The molecule has 0 radical (unpaired) electrons. The van der Waals surface area contributed by atoms with Crippen molar-refractivity contribution >= 4 is 0 Å². The number of rotatable bonds is 10. The predicted octanol–water partition coefficient (Wildman–Crippen LogP) is 0.163. The van der Waals surface area contributed by atoms with Crippen molar-refractivity contribution in [2.75, 3.05) is 13.2 Å². The van der Waals surface area contributed by atoms with Gasteiger partial charge in [-0.2, -0.15) is 0 Å². The van der Waals surface area contributed by atoms with Gasteiger partial charge in [-0.1, -0.05) is 39.0 Å². The topological polar surface area (TPSA) is 99.4 Å². The molecule has 1 rings (SSSR count).